The molecule has 6 nitrogen and oxygen atoms in total. The standard InChI is InChI=1S/C24H25ClN2O4S/c1-13-6-8-15(9-7-13)22(32)27-14(2)16(11-21(28)26-24(3,4)23(29)30)17-10-20(31-5)18(25)12-19(17)27/h6-10,12H,11H2,1-5H3,(H,26,28)(H,29,30). The lowest BCUT2D eigenvalue weighted by atomic mass is 10.0. The first kappa shape index (κ1) is 23.8. The van der Waals surface area contributed by atoms with Crippen molar-refractivity contribution in [2.24, 2.45) is 0 Å². The Hall–Kier alpha value is -2.90. The quantitative estimate of drug-likeness (QED) is 0.510. The number of aromatic nitrogens is 1. The number of methoxy groups -OCH3 is 1. The molecule has 0 saturated heterocycles. The van der Waals surface area contributed by atoms with E-state index in [1.165, 1.54) is 21.0 Å². The molecule has 32 heavy (non-hydrogen) atoms. The van der Waals surface area contributed by atoms with E-state index in [4.69, 9.17) is 28.6 Å². The molecule has 0 aliphatic carbocycles. The van der Waals surface area contributed by atoms with Gasteiger partial charge in [0.2, 0.25) is 5.91 Å². The molecule has 0 bridgehead atoms. The number of aliphatic carboxylic acids is 1. The minimum Gasteiger partial charge on any atom is -0.495 e. The largest absolute Gasteiger partial charge is 0.495 e. The van der Waals surface area contributed by atoms with Gasteiger partial charge in [-0.25, -0.2) is 4.79 Å². The number of nitrogens with zero attached hydrogens (tertiary/aromatic N) is 1. The highest BCUT2D eigenvalue weighted by atomic mass is 35.5. The van der Waals surface area contributed by atoms with Crippen molar-refractivity contribution in [3.63, 3.8) is 0 Å². The van der Waals surface area contributed by atoms with E-state index in [1.54, 1.807) is 12.1 Å². The maximum absolute atomic E-state index is 12.8. The Kier molecular flexibility index (Phi) is 6.62. The molecule has 3 aromatic rings. The summed E-state index contributed by atoms with van der Waals surface area (Å²) >= 11 is 12.2. The van der Waals surface area contributed by atoms with Crippen LogP contribution in [-0.4, -0.2) is 39.2 Å². The number of nitrogens with one attached hydrogen (secondary N) is 1. The van der Waals surface area contributed by atoms with Gasteiger partial charge in [-0.05, 0) is 45.4 Å². The number of hydrogen-bond acceptors (Lipinski definition) is 4. The second-order valence-corrected chi connectivity index (χ2v) is 9.02. The second kappa shape index (κ2) is 8.92. The summed E-state index contributed by atoms with van der Waals surface area (Å²) in [7, 11) is 1.52. The minimum atomic E-state index is -1.39. The highest BCUT2D eigenvalue weighted by Crippen LogP contribution is 2.35. The predicted molar refractivity (Wildman–Crippen MR) is 130 cm³/mol. The number of benzene rings is 2. The topological polar surface area (TPSA) is 80.6 Å². The van der Waals surface area contributed by atoms with Crippen molar-refractivity contribution in [2.45, 2.75) is 39.7 Å². The number of ether oxygens (including phenoxy) is 1. The van der Waals surface area contributed by atoms with Crippen LogP contribution in [-0.2, 0) is 16.0 Å². The van der Waals surface area contributed by atoms with Gasteiger partial charge in [-0.2, -0.15) is 0 Å². The fourth-order valence-electron chi connectivity index (χ4n) is 3.55. The van der Waals surface area contributed by atoms with Gasteiger partial charge in [0, 0.05) is 16.6 Å². The number of carbonyl (C=O) groups excluding carboxylic acids is 1. The highest BCUT2D eigenvalue weighted by Gasteiger charge is 2.30. The van der Waals surface area contributed by atoms with Crippen LogP contribution in [0.4, 0.5) is 0 Å². The SMILES string of the molecule is COc1cc2c(CC(=O)NC(C)(C)C(=O)O)c(C)n(C(=S)c3ccc(C)cc3)c2cc1Cl. The molecule has 0 radical (unpaired) electrons. The zero-order valence-electron chi connectivity index (χ0n) is 18.6. The average molecular weight is 473 g/mol. The van der Waals surface area contributed by atoms with Crippen LogP contribution in [0.25, 0.3) is 10.9 Å². The lowest BCUT2D eigenvalue weighted by molar-refractivity contribution is -0.145. The number of halogens is 1. The van der Waals surface area contributed by atoms with Gasteiger partial charge in [0.05, 0.1) is 24.1 Å². The van der Waals surface area contributed by atoms with Gasteiger partial charge >= 0.3 is 5.97 Å². The van der Waals surface area contributed by atoms with Crippen molar-refractivity contribution in [3.8, 4) is 5.75 Å². The Morgan fingerprint density at radius 2 is 1.81 bits per heavy atom. The van der Waals surface area contributed by atoms with Crippen molar-refractivity contribution in [2.75, 3.05) is 7.11 Å². The van der Waals surface area contributed by atoms with Crippen molar-refractivity contribution in [1.29, 1.82) is 0 Å². The van der Waals surface area contributed by atoms with E-state index in [0.29, 0.717) is 15.8 Å². The van der Waals surface area contributed by atoms with E-state index >= 15 is 0 Å². The van der Waals surface area contributed by atoms with Gasteiger partial charge in [0.25, 0.3) is 0 Å². The molecule has 2 N–H and O–H groups in total. The van der Waals surface area contributed by atoms with Crippen molar-refractivity contribution in [3.05, 3.63) is 63.8 Å². The third-order valence-electron chi connectivity index (χ3n) is 5.43. The summed E-state index contributed by atoms with van der Waals surface area (Å²) in [6.07, 6.45) is -0.0205. The maximum Gasteiger partial charge on any atom is 0.328 e. The summed E-state index contributed by atoms with van der Waals surface area (Å²) in [6, 6.07) is 11.4. The number of carbonyl (C=O) groups is 2. The third kappa shape index (κ3) is 4.49. The van der Waals surface area contributed by atoms with Gasteiger partial charge in [0.1, 0.15) is 16.3 Å². The summed E-state index contributed by atoms with van der Waals surface area (Å²) in [6.45, 7) is 6.77. The molecule has 1 heterocycles. The van der Waals surface area contributed by atoms with Crippen LogP contribution in [0.1, 0.15) is 36.2 Å². The molecule has 8 heteroatoms. The number of rotatable bonds is 6. The molecular formula is C24H25ClN2O4S. The monoisotopic (exact) mass is 472 g/mol. The van der Waals surface area contributed by atoms with Gasteiger partial charge in [-0.1, -0.05) is 53.6 Å². The minimum absolute atomic E-state index is 0.0205. The van der Waals surface area contributed by atoms with E-state index in [2.05, 4.69) is 5.32 Å². The van der Waals surface area contributed by atoms with Crippen LogP contribution in [0, 0.1) is 13.8 Å². The van der Waals surface area contributed by atoms with E-state index in [9.17, 15) is 14.7 Å². The fraction of sp³-hybridized carbons (Fsp3) is 0.292. The molecule has 0 aliphatic heterocycles. The Balaban J connectivity index is 2.15. The number of amides is 1. The van der Waals surface area contributed by atoms with E-state index in [-0.39, 0.29) is 6.42 Å². The number of carboxylic acids is 1. The first-order valence-corrected chi connectivity index (χ1v) is 10.8. The van der Waals surface area contributed by atoms with Crippen LogP contribution in [0.15, 0.2) is 36.4 Å². The van der Waals surface area contributed by atoms with E-state index < -0.39 is 17.4 Å². The van der Waals surface area contributed by atoms with Crippen LogP contribution < -0.4 is 10.1 Å². The molecule has 0 atom stereocenters. The van der Waals surface area contributed by atoms with Crippen LogP contribution in [0.5, 0.6) is 5.75 Å². The molecule has 1 amide bonds. The van der Waals surface area contributed by atoms with E-state index in [1.807, 2.05) is 42.7 Å². The highest BCUT2D eigenvalue weighted by molar-refractivity contribution is 7.80. The Bertz CT molecular complexity index is 1230. The smallest absolute Gasteiger partial charge is 0.328 e. The second-order valence-electron chi connectivity index (χ2n) is 8.23. The first-order valence-electron chi connectivity index (χ1n) is 9.99. The summed E-state index contributed by atoms with van der Waals surface area (Å²) in [5.41, 5.74) is 2.85. The number of fused-ring (bicyclic) bond motifs is 1. The number of thiocarbonyl (C=S) groups is 1. The van der Waals surface area contributed by atoms with Crippen molar-refractivity contribution in [1.82, 2.24) is 9.88 Å². The van der Waals surface area contributed by atoms with Crippen LogP contribution >= 0.6 is 23.8 Å². The van der Waals surface area contributed by atoms with Crippen molar-refractivity contribution >= 4 is 51.6 Å². The number of aryl methyl sites for hydroxylation is 1. The molecule has 0 fully saturated rings. The zero-order chi connectivity index (χ0) is 23.8. The average Bonchev–Trinajstić information content (AvgIpc) is 2.97. The predicted octanol–water partition coefficient (Wildman–Crippen LogP) is 4.67. The molecule has 0 unspecified atom stereocenters. The fourth-order valence-corrected chi connectivity index (χ4v) is 4.16. The molecule has 0 saturated carbocycles. The number of hydrogen-bond donors (Lipinski definition) is 2. The summed E-state index contributed by atoms with van der Waals surface area (Å²) in [5.74, 6) is -1.04. The summed E-state index contributed by atoms with van der Waals surface area (Å²) in [5, 5.41) is 13.1. The molecule has 1 aromatic heterocycles. The molecule has 2 aromatic carbocycles. The van der Waals surface area contributed by atoms with Gasteiger partial charge in [-0.15, -0.1) is 0 Å². The molecule has 0 aliphatic rings. The van der Waals surface area contributed by atoms with Crippen LogP contribution in [0.3, 0.4) is 0 Å². The maximum atomic E-state index is 12.8. The summed E-state index contributed by atoms with van der Waals surface area (Å²) < 4.78 is 7.27. The summed E-state index contributed by atoms with van der Waals surface area (Å²) in [4.78, 5) is 24.8. The Morgan fingerprint density at radius 1 is 1.19 bits per heavy atom. The van der Waals surface area contributed by atoms with Crippen molar-refractivity contribution < 1.29 is 19.4 Å². The van der Waals surface area contributed by atoms with Gasteiger partial charge < -0.3 is 19.7 Å². The molecular weight excluding hydrogens is 448 g/mol. The third-order valence-corrected chi connectivity index (χ3v) is 6.15. The molecule has 0 spiro atoms. The molecule has 3 rings (SSSR count). The van der Waals surface area contributed by atoms with Crippen LogP contribution in [0.2, 0.25) is 5.02 Å². The normalized spacial score (nSPS) is 11.4. The van der Waals surface area contributed by atoms with Gasteiger partial charge in [-0.3, -0.25) is 4.79 Å². The lowest BCUT2D eigenvalue weighted by Gasteiger charge is -2.21. The lowest BCUT2D eigenvalue weighted by Crippen LogP contribution is -2.50. The Labute approximate surface area is 197 Å². The first-order chi connectivity index (χ1) is 15.0. The van der Waals surface area contributed by atoms with E-state index in [0.717, 1.165) is 33.3 Å². The number of carboxylic acid groups (broad SMARTS) is 1. The Morgan fingerprint density at radius 3 is 2.38 bits per heavy atom. The van der Waals surface area contributed by atoms with Gasteiger partial charge in [0.15, 0.2) is 0 Å². The molecule has 168 valence electrons. The zero-order valence-corrected chi connectivity index (χ0v) is 20.1.